The SMILES string of the molecule is CC12C=C(Br)C=CC1c1ccc(Br)cc1C2=O. The number of Topliss-reactive ketones (excluding diaryl/α,β-unsaturated/α-hetero) is 1. The second-order valence-electron chi connectivity index (χ2n) is 4.71. The van der Waals surface area contributed by atoms with Crippen molar-refractivity contribution in [2.24, 2.45) is 5.41 Å². The number of fused-ring (bicyclic) bond motifs is 3. The van der Waals surface area contributed by atoms with Gasteiger partial charge in [0.15, 0.2) is 5.78 Å². The summed E-state index contributed by atoms with van der Waals surface area (Å²) in [5, 5.41) is 0. The molecule has 3 heteroatoms. The topological polar surface area (TPSA) is 17.1 Å². The van der Waals surface area contributed by atoms with Gasteiger partial charge in [0.2, 0.25) is 0 Å². The third kappa shape index (κ3) is 1.52. The van der Waals surface area contributed by atoms with Crippen molar-refractivity contribution in [3.63, 3.8) is 0 Å². The van der Waals surface area contributed by atoms with Crippen LogP contribution >= 0.6 is 31.9 Å². The minimum atomic E-state index is -0.434. The van der Waals surface area contributed by atoms with Crippen LogP contribution in [0.2, 0.25) is 0 Å². The van der Waals surface area contributed by atoms with Crippen LogP contribution in [0.4, 0.5) is 0 Å². The lowest BCUT2D eigenvalue weighted by atomic mass is 9.75. The van der Waals surface area contributed by atoms with Gasteiger partial charge in [-0.15, -0.1) is 0 Å². The lowest BCUT2D eigenvalue weighted by Crippen LogP contribution is -2.26. The molecule has 2 unspecified atom stereocenters. The Bertz CT molecular complexity index is 586. The van der Waals surface area contributed by atoms with Gasteiger partial charge in [0, 0.05) is 20.4 Å². The predicted molar refractivity (Wildman–Crippen MR) is 75.5 cm³/mol. The standard InChI is InChI=1S/C14H10Br2O/c1-14-7-9(16)3-5-12(14)10-4-2-8(15)6-11(10)13(14)17/h2-7,12H,1H3. The molecule has 86 valence electrons. The number of ketones is 1. The monoisotopic (exact) mass is 352 g/mol. The number of halogens is 2. The zero-order chi connectivity index (χ0) is 12.2. The molecule has 2 aliphatic carbocycles. The van der Waals surface area contributed by atoms with Crippen molar-refractivity contribution in [1.29, 1.82) is 0 Å². The normalized spacial score (nSPS) is 29.9. The third-order valence-corrected chi connectivity index (χ3v) is 4.60. The molecule has 3 rings (SSSR count). The zero-order valence-corrected chi connectivity index (χ0v) is 12.4. The minimum Gasteiger partial charge on any atom is -0.293 e. The summed E-state index contributed by atoms with van der Waals surface area (Å²) in [6, 6.07) is 5.97. The summed E-state index contributed by atoms with van der Waals surface area (Å²) < 4.78 is 1.94. The van der Waals surface area contributed by atoms with Crippen LogP contribution in [0.3, 0.4) is 0 Å². The Labute approximate surface area is 117 Å². The van der Waals surface area contributed by atoms with Crippen LogP contribution in [-0.2, 0) is 0 Å². The average molecular weight is 354 g/mol. The molecule has 0 bridgehead atoms. The molecule has 0 saturated heterocycles. The molecule has 1 aromatic rings. The van der Waals surface area contributed by atoms with E-state index in [0.717, 1.165) is 20.1 Å². The molecular weight excluding hydrogens is 344 g/mol. The quantitative estimate of drug-likeness (QED) is 0.667. The highest BCUT2D eigenvalue weighted by atomic mass is 79.9. The molecule has 0 amide bonds. The van der Waals surface area contributed by atoms with E-state index < -0.39 is 5.41 Å². The number of rotatable bonds is 0. The first-order valence-corrected chi connectivity index (χ1v) is 7.02. The summed E-state index contributed by atoms with van der Waals surface area (Å²) in [5.41, 5.74) is 1.54. The summed E-state index contributed by atoms with van der Waals surface area (Å²) in [4.78, 5) is 12.5. The van der Waals surface area contributed by atoms with Gasteiger partial charge in [0.1, 0.15) is 0 Å². The van der Waals surface area contributed by atoms with E-state index in [9.17, 15) is 4.79 Å². The fourth-order valence-electron chi connectivity index (χ4n) is 2.73. The number of allylic oxidation sites excluding steroid dienone is 4. The Kier molecular flexibility index (Phi) is 2.46. The first-order valence-electron chi connectivity index (χ1n) is 5.43. The van der Waals surface area contributed by atoms with Crippen molar-refractivity contribution in [2.45, 2.75) is 12.8 Å². The maximum atomic E-state index is 12.5. The van der Waals surface area contributed by atoms with E-state index in [1.54, 1.807) is 0 Å². The van der Waals surface area contributed by atoms with E-state index >= 15 is 0 Å². The van der Waals surface area contributed by atoms with Gasteiger partial charge in [-0.2, -0.15) is 0 Å². The van der Waals surface area contributed by atoms with Crippen LogP contribution in [0.1, 0.15) is 28.8 Å². The molecule has 0 aromatic heterocycles. The Balaban J connectivity index is 2.25. The van der Waals surface area contributed by atoms with Gasteiger partial charge in [-0.25, -0.2) is 0 Å². The van der Waals surface area contributed by atoms with E-state index in [-0.39, 0.29) is 11.7 Å². The van der Waals surface area contributed by atoms with Crippen molar-refractivity contribution in [2.75, 3.05) is 0 Å². The molecule has 0 N–H and O–H groups in total. The Morgan fingerprint density at radius 1 is 1.29 bits per heavy atom. The van der Waals surface area contributed by atoms with E-state index in [1.165, 1.54) is 0 Å². The highest BCUT2D eigenvalue weighted by molar-refractivity contribution is 9.12. The van der Waals surface area contributed by atoms with Crippen molar-refractivity contribution < 1.29 is 4.79 Å². The van der Waals surface area contributed by atoms with Gasteiger partial charge in [-0.1, -0.05) is 56.2 Å². The van der Waals surface area contributed by atoms with Gasteiger partial charge in [0.25, 0.3) is 0 Å². The summed E-state index contributed by atoms with van der Waals surface area (Å²) in [5.74, 6) is 0.375. The Morgan fingerprint density at radius 2 is 2.06 bits per heavy atom. The number of hydrogen-bond acceptors (Lipinski definition) is 1. The molecule has 1 nitrogen and oxygen atoms in total. The smallest absolute Gasteiger partial charge is 0.173 e. The van der Waals surface area contributed by atoms with Crippen molar-refractivity contribution >= 4 is 37.6 Å². The molecule has 17 heavy (non-hydrogen) atoms. The molecule has 0 aliphatic heterocycles. The van der Waals surface area contributed by atoms with E-state index in [1.807, 2.05) is 37.3 Å². The third-order valence-electron chi connectivity index (χ3n) is 3.62. The van der Waals surface area contributed by atoms with Crippen LogP contribution in [0.15, 0.2) is 45.4 Å². The summed E-state index contributed by atoms with van der Waals surface area (Å²) >= 11 is 6.89. The molecule has 0 fully saturated rings. The zero-order valence-electron chi connectivity index (χ0n) is 9.21. The van der Waals surface area contributed by atoms with E-state index in [4.69, 9.17) is 0 Å². The molecule has 0 radical (unpaired) electrons. The fraction of sp³-hybridized carbons (Fsp3) is 0.214. The summed E-state index contributed by atoms with van der Waals surface area (Å²) in [7, 11) is 0. The predicted octanol–water partition coefficient (Wildman–Crippen LogP) is 4.58. The van der Waals surface area contributed by atoms with Crippen molar-refractivity contribution in [3.05, 3.63) is 56.5 Å². The highest BCUT2D eigenvalue weighted by Crippen LogP contribution is 2.52. The molecule has 0 spiro atoms. The van der Waals surface area contributed by atoms with Crippen molar-refractivity contribution in [3.8, 4) is 0 Å². The van der Waals surface area contributed by atoms with Crippen LogP contribution in [0, 0.1) is 5.41 Å². The van der Waals surface area contributed by atoms with Gasteiger partial charge in [0.05, 0.1) is 5.41 Å². The molecule has 1 aromatic carbocycles. The maximum absolute atomic E-state index is 12.5. The van der Waals surface area contributed by atoms with Crippen molar-refractivity contribution in [1.82, 2.24) is 0 Å². The van der Waals surface area contributed by atoms with Gasteiger partial charge in [-0.05, 0) is 24.6 Å². The average Bonchev–Trinajstić information content (AvgIpc) is 2.48. The molecule has 0 saturated carbocycles. The summed E-state index contributed by atoms with van der Waals surface area (Å²) in [6.45, 7) is 2.01. The largest absolute Gasteiger partial charge is 0.293 e. The van der Waals surface area contributed by atoms with Crippen LogP contribution < -0.4 is 0 Å². The first kappa shape index (κ1) is 11.4. The summed E-state index contributed by atoms with van der Waals surface area (Å²) in [6.07, 6.45) is 6.16. The number of benzene rings is 1. The first-order chi connectivity index (χ1) is 8.02. The van der Waals surface area contributed by atoms with Gasteiger partial charge in [-0.3, -0.25) is 4.79 Å². The van der Waals surface area contributed by atoms with E-state index in [2.05, 4.69) is 37.9 Å². The number of carbonyl (C=O) groups excluding carboxylic acids is 1. The van der Waals surface area contributed by atoms with Gasteiger partial charge < -0.3 is 0 Å². The lowest BCUT2D eigenvalue weighted by Gasteiger charge is -2.27. The Hall–Kier alpha value is -0.670. The Morgan fingerprint density at radius 3 is 2.82 bits per heavy atom. The van der Waals surface area contributed by atoms with Crippen LogP contribution in [-0.4, -0.2) is 5.78 Å². The minimum absolute atomic E-state index is 0.166. The molecule has 2 atom stereocenters. The fourth-order valence-corrected chi connectivity index (χ4v) is 3.72. The second-order valence-corrected chi connectivity index (χ2v) is 6.54. The van der Waals surface area contributed by atoms with Crippen LogP contribution in [0.5, 0.6) is 0 Å². The molecule has 0 heterocycles. The highest BCUT2D eigenvalue weighted by Gasteiger charge is 2.48. The lowest BCUT2D eigenvalue weighted by molar-refractivity contribution is 0.0879. The van der Waals surface area contributed by atoms with Crippen LogP contribution in [0.25, 0.3) is 0 Å². The number of hydrogen-bond donors (Lipinski definition) is 0. The molecular formula is C14H10Br2O. The van der Waals surface area contributed by atoms with Gasteiger partial charge >= 0.3 is 0 Å². The number of carbonyl (C=O) groups is 1. The van der Waals surface area contributed by atoms with E-state index in [0.29, 0.717) is 0 Å². The maximum Gasteiger partial charge on any atom is 0.173 e. The molecule has 2 aliphatic rings. The second kappa shape index (κ2) is 3.66.